The van der Waals surface area contributed by atoms with E-state index in [0.29, 0.717) is 22.4 Å². The van der Waals surface area contributed by atoms with Gasteiger partial charge in [-0.15, -0.1) is 0 Å². The smallest absolute Gasteiger partial charge is 0.189 e. The van der Waals surface area contributed by atoms with Crippen LogP contribution in [-0.4, -0.2) is 22.0 Å². The summed E-state index contributed by atoms with van der Waals surface area (Å²) in [6.07, 6.45) is 2.27. The third-order valence-electron chi connectivity index (χ3n) is 1.46. The highest BCUT2D eigenvalue weighted by molar-refractivity contribution is 7.98. The molecule has 0 unspecified atom stereocenters. The van der Waals surface area contributed by atoms with E-state index in [4.69, 9.17) is 11.6 Å². The Morgan fingerprint density at radius 2 is 2.31 bits per heavy atom. The molecule has 0 fully saturated rings. The first-order valence-electron chi connectivity index (χ1n) is 3.79. The van der Waals surface area contributed by atoms with Crippen molar-refractivity contribution in [2.75, 3.05) is 6.26 Å². The van der Waals surface area contributed by atoms with Crippen LogP contribution >= 0.6 is 23.4 Å². The lowest BCUT2D eigenvalue weighted by Crippen LogP contribution is -2.02. The molecule has 1 aromatic rings. The van der Waals surface area contributed by atoms with Crippen molar-refractivity contribution in [3.05, 3.63) is 16.9 Å². The van der Waals surface area contributed by atoms with Gasteiger partial charge in [0.1, 0.15) is 10.8 Å². The van der Waals surface area contributed by atoms with Crippen molar-refractivity contribution in [1.29, 1.82) is 0 Å². The number of aromatic nitrogens is 2. The van der Waals surface area contributed by atoms with Gasteiger partial charge in [0.25, 0.3) is 0 Å². The predicted octanol–water partition coefficient (Wildman–Crippen LogP) is 2.44. The summed E-state index contributed by atoms with van der Waals surface area (Å²) in [5.74, 6) is -0.0143. The molecular formula is C8H9ClN2OS. The van der Waals surface area contributed by atoms with E-state index in [1.165, 1.54) is 17.8 Å². The molecule has 13 heavy (non-hydrogen) atoms. The summed E-state index contributed by atoms with van der Waals surface area (Å²) in [7, 11) is 0. The first-order chi connectivity index (χ1) is 6.17. The van der Waals surface area contributed by atoms with Crippen molar-refractivity contribution in [1.82, 2.24) is 9.97 Å². The van der Waals surface area contributed by atoms with Gasteiger partial charge in [0.05, 0.1) is 0 Å². The fraction of sp³-hybridized carbons (Fsp3) is 0.375. The zero-order valence-electron chi connectivity index (χ0n) is 7.37. The Labute approximate surface area is 85.9 Å². The Hall–Kier alpha value is -0.610. The molecule has 3 nitrogen and oxygen atoms in total. The monoisotopic (exact) mass is 216 g/mol. The molecule has 0 aliphatic rings. The number of hydrogen-bond acceptors (Lipinski definition) is 4. The van der Waals surface area contributed by atoms with Gasteiger partial charge in [-0.05, 0) is 6.26 Å². The standard InChI is InChI=1S/C8H9ClN2OS/c1-3-6(12)5-4-7(9)11-8(10-5)13-2/h4H,3H2,1-2H3. The van der Waals surface area contributed by atoms with Crippen LogP contribution in [0.4, 0.5) is 0 Å². The van der Waals surface area contributed by atoms with E-state index in [1.807, 2.05) is 6.26 Å². The SMILES string of the molecule is CCC(=O)c1cc(Cl)nc(SC)n1. The highest BCUT2D eigenvalue weighted by Crippen LogP contribution is 2.14. The maximum Gasteiger partial charge on any atom is 0.189 e. The molecule has 5 heteroatoms. The zero-order valence-corrected chi connectivity index (χ0v) is 8.95. The Kier molecular flexibility index (Phi) is 3.69. The number of hydrogen-bond donors (Lipinski definition) is 0. The van der Waals surface area contributed by atoms with E-state index in [9.17, 15) is 4.79 Å². The van der Waals surface area contributed by atoms with Crippen LogP contribution in [0, 0.1) is 0 Å². The number of Topliss-reactive ketones (excluding diaryl/α,β-unsaturated/α-hetero) is 1. The molecule has 0 N–H and O–H groups in total. The molecule has 0 amide bonds. The molecule has 0 spiro atoms. The fourth-order valence-electron chi connectivity index (χ4n) is 0.812. The molecule has 0 aliphatic heterocycles. The first-order valence-corrected chi connectivity index (χ1v) is 5.39. The van der Waals surface area contributed by atoms with Crippen LogP contribution in [0.1, 0.15) is 23.8 Å². The highest BCUT2D eigenvalue weighted by Gasteiger charge is 2.08. The number of halogens is 1. The number of thioether (sulfide) groups is 1. The molecule has 0 aromatic carbocycles. The second-order valence-corrected chi connectivity index (χ2v) is 3.50. The van der Waals surface area contributed by atoms with Crippen molar-refractivity contribution in [3.8, 4) is 0 Å². The molecule has 70 valence electrons. The number of carbonyl (C=O) groups excluding carboxylic acids is 1. The molecule has 0 aliphatic carbocycles. The average Bonchev–Trinajstić information content (AvgIpc) is 2.15. The molecule has 0 saturated carbocycles. The maximum absolute atomic E-state index is 11.3. The molecule has 1 rings (SSSR count). The van der Waals surface area contributed by atoms with E-state index in [2.05, 4.69) is 9.97 Å². The molecular weight excluding hydrogens is 208 g/mol. The first kappa shape index (κ1) is 10.5. The van der Waals surface area contributed by atoms with Crippen LogP contribution in [0.25, 0.3) is 0 Å². The number of ketones is 1. The van der Waals surface area contributed by atoms with Gasteiger partial charge < -0.3 is 0 Å². The molecule has 0 bridgehead atoms. The van der Waals surface area contributed by atoms with Crippen LogP contribution < -0.4 is 0 Å². The minimum atomic E-state index is -0.0143. The van der Waals surface area contributed by atoms with Crippen molar-refractivity contribution >= 4 is 29.1 Å². The third kappa shape index (κ3) is 2.67. The number of carbonyl (C=O) groups is 1. The van der Waals surface area contributed by atoms with Gasteiger partial charge in [0.15, 0.2) is 10.9 Å². The highest BCUT2D eigenvalue weighted by atomic mass is 35.5. The summed E-state index contributed by atoms with van der Waals surface area (Å²) in [6.45, 7) is 1.79. The van der Waals surface area contributed by atoms with Crippen molar-refractivity contribution in [2.45, 2.75) is 18.5 Å². The summed E-state index contributed by atoms with van der Waals surface area (Å²) in [5, 5.41) is 0.848. The fourth-order valence-corrected chi connectivity index (χ4v) is 1.42. The zero-order chi connectivity index (χ0) is 9.84. The molecule has 1 aromatic heterocycles. The van der Waals surface area contributed by atoms with Crippen molar-refractivity contribution in [3.63, 3.8) is 0 Å². The van der Waals surface area contributed by atoms with Gasteiger partial charge in [-0.2, -0.15) is 0 Å². The van der Waals surface area contributed by atoms with E-state index in [0.717, 1.165) is 0 Å². The lowest BCUT2D eigenvalue weighted by Gasteiger charge is -2.00. The summed E-state index contributed by atoms with van der Waals surface area (Å²) < 4.78 is 0. The van der Waals surface area contributed by atoms with Crippen molar-refractivity contribution < 1.29 is 4.79 Å². The topological polar surface area (TPSA) is 42.9 Å². The summed E-state index contributed by atoms with van der Waals surface area (Å²) in [6, 6.07) is 1.49. The predicted molar refractivity (Wildman–Crippen MR) is 53.4 cm³/mol. The maximum atomic E-state index is 11.3. The van der Waals surface area contributed by atoms with E-state index >= 15 is 0 Å². The molecule has 0 atom stereocenters. The molecule has 0 saturated heterocycles. The summed E-state index contributed by atoms with van der Waals surface area (Å²) >= 11 is 7.08. The lowest BCUT2D eigenvalue weighted by atomic mass is 10.2. The third-order valence-corrected chi connectivity index (χ3v) is 2.21. The Morgan fingerprint density at radius 3 is 2.85 bits per heavy atom. The van der Waals surface area contributed by atoms with Gasteiger partial charge in [-0.1, -0.05) is 30.3 Å². The number of rotatable bonds is 3. The van der Waals surface area contributed by atoms with E-state index < -0.39 is 0 Å². The lowest BCUT2D eigenvalue weighted by molar-refractivity contribution is 0.0982. The summed E-state index contributed by atoms with van der Waals surface area (Å²) in [4.78, 5) is 19.3. The van der Waals surface area contributed by atoms with Crippen LogP contribution in [0.5, 0.6) is 0 Å². The average molecular weight is 217 g/mol. The van der Waals surface area contributed by atoms with Gasteiger partial charge in [-0.25, -0.2) is 9.97 Å². The van der Waals surface area contributed by atoms with Gasteiger partial charge in [0.2, 0.25) is 0 Å². The van der Waals surface area contributed by atoms with E-state index in [-0.39, 0.29) is 5.78 Å². The van der Waals surface area contributed by atoms with Crippen LogP contribution in [0.15, 0.2) is 11.2 Å². The Balaban J connectivity index is 3.08. The largest absolute Gasteiger partial charge is 0.292 e. The van der Waals surface area contributed by atoms with E-state index in [1.54, 1.807) is 6.92 Å². The minimum absolute atomic E-state index is 0.0143. The van der Waals surface area contributed by atoms with Gasteiger partial charge >= 0.3 is 0 Å². The second kappa shape index (κ2) is 4.58. The second-order valence-electron chi connectivity index (χ2n) is 2.34. The van der Waals surface area contributed by atoms with Gasteiger partial charge in [0, 0.05) is 12.5 Å². The van der Waals surface area contributed by atoms with Crippen LogP contribution in [0.3, 0.4) is 0 Å². The number of nitrogens with zero attached hydrogens (tertiary/aromatic N) is 2. The Morgan fingerprint density at radius 1 is 1.62 bits per heavy atom. The molecule has 0 radical (unpaired) electrons. The normalized spacial score (nSPS) is 10.1. The van der Waals surface area contributed by atoms with Crippen molar-refractivity contribution in [2.24, 2.45) is 0 Å². The summed E-state index contributed by atoms with van der Waals surface area (Å²) in [5.41, 5.74) is 0.395. The van der Waals surface area contributed by atoms with Crippen LogP contribution in [0.2, 0.25) is 5.15 Å². The van der Waals surface area contributed by atoms with Gasteiger partial charge in [-0.3, -0.25) is 4.79 Å². The quantitative estimate of drug-likeness (QED) is 0.337. The minimum Gasteiger partial charge on any atom is -0.292 e. The Bertz CT molecular complexity index is 330. The molecule has 1 heterocycles. The van der Waals surface area contributed by atoms with Crippen LogP contribution in [-0.2, 0) is 0 Å².